The highest BCUT2D eigenvalue weighted by Gasteiger charge is 2.16. The molecular weight excluding hydrogens is 788 g/mol. The molecule has 0 aromatic heterocycles. The third-order valence-electron chi connectivity index (χ3n) is 9.33. The van der Waals surface area contributed by atoms with Crippen molar-refractivity contribution in [2.75, 3.05) is 44.4 Å². The van der Waals surface area contributed by atoms with E-state index in [9.17, 15) is 19.7 Å². The molecule has 0 N–H and O–H groups in total. The number of carbonyl (C=O) groups is 2. The minimum absolute atomic E-state index is 0.00649. The van der Waals surface area contributed by atoms with E-state index < -0.39 is 16.9 Å². The molecule has 14 nitrogen and oxygen atoms in total. The predicted octanol–water partition coefficient (Wildman–Crippen LogP) is 13.1. The van der Waals surface area contributed by atoms with Crippen LogP contribution in [0.15, 0.2) is 94.3 Å². The largest absolute Gasteiger partial charge is 0.488 e. The molecule has 3 rings (SSSR count). The smallest absolute Gasteiger partial charge is 0.330 e. The van der Waals surface area contributed by atoms with Crippen LogP contribution < -0.4 is 14.4 Å². The molecule has 0 heterocycles. The fraction of sp³-hybridized carbons (Fsp3) is 0.467. The van der Waals surface area contributed by atoms with E-state index in [0.29, 0.717) is 5.69 Å². The molecule has 0 fully saturated rings. The van der Waals surface area contributed by atoms with Gasteiger partial charge in [0.15, 0.2) is 0 Å². The van der Waals surface area contributed by atoms with Gasteiger partial charge in [-0.2, -0.15) is 5.11 Å². The highest BCUT2D eigenvalue weighted by molar-refractivity contribution is 6.33. The van der Waals surface area contributed by atoms with Crippen molar-refractivity contribution in [1.29, 1.82) is 0 Å². The molecular formula is C45H59ClN6O8. The predicted molar refractivity (Wildman–Crippen MR) is 236 cm³/mol. The fourth-order valence-corrected chi connectivity index (χ4v) is 6.23. The van der Waals surface area contributed by atoms with Crippen LogP contribution >= 0.6 is 11.6 Å². The molecule has 0 spiro atoms. The second-order valence-corrected chi connectivity index (χ2v) is 14.4. The van der Waals surface area contributed by atoms with Crippen LogP contribution in [0.5, 0.6) is 11.5 Å². The van der Waals surface area contributed by atoms with Gasteiger partial charge >= 0.3 is 11.9 Å². The molecule has 0 unspecified atom stereocenters. The maximum absolute atomic E-state index is 11.7. The number of nitro benzene ring substituents is 1. The maximum atomic E-state index is 11.7. The Morgan fingerprint density at radius 3 is 1.60 bits per heavy atom. The quantitative estimate of drug-likeness (QED) is 0.0158. The second-order valence-electron chi connectivity index (χ2n) is 14.0. The number of non-ortho nitro benzene ring substituents is 1. The summed E-state index contributed by atoms with van der Waals surface area (Å²) < 4.78 is 22.2. The first-order valence-corrected chi connectivity index (χ1v) is 21.1. The van der Waals surface area contributed by atoms with Gasteiger partial charge in [-0.25, -0.2) is 9.59 Å². The number of nitro groups is 1. The normalized spacial score (nSPS) is 11.1. The van der Waals surface area contributed by atoms with Gasteiger partial charge in [-0.1, -0.05) is 103 Å². The van der Waals surface area contributed by atoms with E-state index in [4.69, 9.17) is 30.5 Å². The number of aryl methyl sites for hydroxylation is 1. The standard InChI is InChI=1S/C45H59ClN6O8/c1-6-10-12-14-16-18-24-51(25-19-17-15-13-11-7-2)35-20-22-38(34(5)30-35)47-49-40-32-43(58-27-29-60-45(54)9-4)41(33-42(40)57-26-28-59-44(53)8-3)50-48-39-23-21-36(52(55)56)31-37(39)46/h8-9,20-23,30-33H,3-4,6-7,10-19,24-29H2,1-2,5H3/b49-47+,50-48+. The minimum atomic E-state index is -0.615. The Bertz CT molecular complexity index is 1900. The maximum Gasteiger partial charge on any atom is 0.330 e. The minimum Gasteiger partial charge on any atom is -0.488 e. The molecule has 3 aromatic rings. The van der Waals surface area contributed by atoms with Crippen LogP contribution in [-0.2, 0) is 19.1 Å². The number of hydrogen-bond donors (Lipinski definition) is 0. The van der Waals surface area contributed by atoms with Crippen molar-refractivity contribution in [2.24, 2.45) is 20.5 Å². The average molecular weight is 847 g/mol. The number of azo groups is 2. The molecule has 60 heavy (non-hydrogen) atoms. The average Bonchev–Trinajstić information content (AvgIpc) is 3.24. The van der Waals surface area contributed by atoms with Crippen LogP contribution in [0.25, 0.3) is 0 Å². The summed E-state index contributed by atoms with van der Waals surface area (Å²) in [6.07, 6.45) is 16.9. The number of benzene rings is 3. The Morgan fingerprint density at radius 1 is 0.667 bits per heavy atom. The Morgan fingerprint density at radius 2 is 1.13 bits per heavy atom. The molecule has 0 bridgehead atoms. The van der Waals surface area contributed by atoms with Gasteiger partial charge in [-0.15, -0.1) is 15.3 Å². The first kappa shape index (κ1) is 48.7. The molecule has 0 aliphatic rings. The van der Waals surface area contributed by atoms with Gasteiger partial charge < -0.3 is 23.8 Å². The highest BCUT2D eigenvalue weighted by Crippen LogP contribution is 2.42. The third-order valence-corrected chi connectivity index (χ3v) is 9.63. The van der Waals surface area contributed by atoms with E-state index in [2.05, 4.69) is 64.5 Å². The lowest BCUT2D eigenvalue weighted by atomic mass is 10.1. The Hall–Kier alpha value is -5.63. The molecule has 324 valence electrons. The van der Waals surface area contributed by atoms with E-state index in [1.54, 1.807) is 6.07 Å². The summed E-state index contributed by atoms with van der Waals surface area (Å²) in [4.78, 5) is 36.5. The zero-order chi connectivity index (χ0) is 43.5. The van der Waals surface area contributed by atoms with E-state index in [-0.39, 0.29) is 65.7 Å². The van der Waals surface area contributed by atoms with Crippen LogP contribution in [0.3, 0.4) is 0 Å². The number of halogens is 1. The lowest BCUT2D eigenvalue weighted by Crippen LogP contribution is -2.25. The van der Waals surface area contributed by atoms with Gasteiger partial charge in [0.25, 0.3) is 5.69 Å². The number of nitrogens with zero attached hydrogens (tertiary/aromatic N) is 6. The van der Waals surface area contributed by atoms with Crippen LogP contribution in [0.4, 0.5) is 34.1 Å². The number of unbranched alkanes of at least 4 members (excludes halogenated alkanes) is 10. The third kappa shape index (κ3) is 17.7. The Kier molecular flexibility index (Phi) is 22.7. The highest BCUT2D eigenvalue weighted by atomic mass is 35.5. The Labute approximate surface area is 358 Å². The van der Waals surface area contributed by atoms with E-state index >= 15 is 0 Å². The first-order chi connectivity index (χ1) is 29.1. The summed E-state index contributed by atoms with van der Waals surface area (Å²) in [7, 11) is 0. The molecule has 0 saturated heterocycles. The van der Waals surface area contributed by atoms with Crippen molar-refractivity contribution in [1.82, 2.24) is 0 Å². The van der Waals surface area contributed by atoms with Crippen LogP contribution in [0.1, 0.15) is 96.5 Å². The Balaban J connectivity index is 1.96. The molecule has 0 amide bonds. The van der Waals surface area contributed by atoms with Gasteiger partial charge in [0.2, 0.25) is 0 Å². The first-order valence-electron chi connectivity index (χ1n) is 20.7. The molecule has 0 saturated carbocycles. The molecule has 3 aromatic carbocycles. The topological polar surface area (TPSA) is 167 Å². The summed E-state index contributed by atoms with van der Waals surface area (Å²) in [6.45, 7) is 15.0. The molecule has 0 aliphatic heterocycles. The number of carbonyl (C=O) groups excluding carboxylic acids is 2. The number of anilines is 1. The number of ether oxygens (including phenoxy) is 4. The van der Waals surface area contributed by atoms with Crippen molar-refractivity contribution in [3.63, 3.8) is 0 Å². The van der Waals surface area contributed by atoms with E-state index in [1.807, 2.05) is 13.0 Å². The summed E-state index contributed by atoms with van der Waals surface area (Å²) in [5, 5.41) is 28.9. The molecule has 0 radical (unpaired) electrons. The molecule has 0 aliphatic carbocycles. The number of hydrogen-bond acceptors (Lipinski definition) is 13. The zero-order valence-electron chi connectivity index (χ0n) is 35.2. The summed E-state index contributed by atoms with van der Waals surface area (Å²) in [5.74, 6) is -0.833. The number of esters is 2. The summed E-state index contributed by atoms with van der Waals surface area (Å²) in [5.41, 5.74) is 3.12. The molecule has 15 heteroatoms. The zero-order valence-corrected chi connectivity index (χ0v) is 36.0. The monoisotopic (exact) mass is 846 g/mol. The van der Waals surface area contributed by atoms with Crippen LogP contribution in [-0.4, -0.2) is 56.4 Å². The van der Waals surface area contributed by atoms with Crippen LogP contribution in [0, 0.1) is 17.0 Å². The van der Waals surface area contributed by atoms with Gasteiger partial charge in [0.1, 0.15) is 55.0 Å². The number of rotatable bonds is 30. The summed E-state index contributed by atoms with van der Waals surface area (Å²) >= 11 is 6.28. The lowest BCUT2D eigenvalue weighted by Gasteiger charge is -2.26. The van der Waals surface area contributed by atoms with Gasteiger partial charge in [0.05, 0.1) is 15.6 Å². The van der Waals surface area contributed by atoms with Crippen molar-refractivity contribution < 1.29 is 33.5 Å². The lowest BCUT2D eigenvalue weighted by molar-refractivity contribution is -0.384. The van der Waals surface area contributed by atoms with Crippen molar-refractivity contribution in [3.8, 4) is 11.5 Å². The van der Waals surface area contributed by atoms with E-state index in [1.165, 1.54) is 88.5 Å². The fourth-order valence-electron chi connectivity index (χ4n) is 6.02. The van der Waals surface area contributed by atoms with Crippen molar-refractivity contribution in [2.45, 2.75) is 97.8 Å². The van der Waals surface area contributed by atoms with Gasteiger partial charge in [0, 0.05) is 55.2 Å². The second kappa shape index (κ2) is 27.9. The van der Waals surface area contributed by atoms with Gasteiger partial charge in [-0.05, 0) is 49.6 Å². The van der Waals surface area contributed by atoms with E-state index in [0.717, 1.165) is 49.3 Å². The van der Waals surface area contributed by atoms with Crippen molar-refractivity contribution >= 4 is 57.7 Å². The summed E-state index contributed by atoms with van der Waals surface area (Å²) in [6, 6.07) is 13.0. The van der Waals surface area contributed by atoms with Gasteiger partial charge in [-0.3, -0.25) is 10.1 Å². The SMILES string of the molecule is C=CC(=O)OCCOc1cc(/N=N/c2ccc([N+](=O)[O-])cc2Cl)c(OCCOC(=O)C=C)cc1/N=N/c1ccc(N(CCCCCCCC)CCCCCCCC)cc1C. The van der Waals surface area contributed by atoms with Crippen LogP contribution in [0.2, 0.25) is 5.02 Å². The van der Waals surface area contributed by atoms with Crippen molar-refractivity contribution in [3.05, 3.63) is 94.5 Å². The molecule has 0 atom stereocenters.